The van der Waals surface area contributed by atoms with Crippen LogP contribution in [0.25, 0.3) is 0 Å². The Bertz CT molecular complexity index is 497. The third-order valence-corrected chi connectivity index (χ3v) is 2.02. The molecule has 0 aliphatic carbocycles. The highest BCUT2D eigenvalue weighted by molar-refractivity contribution is 5.51. The summed E-state index contributed by atoms with van der Waals surface area (Å²) in [6, 6.07) is 5.99. The van der Waals surface area contributed by atoms with Crippen molar-refractivity contribution in [3.8, 4) is 11.8 Å². The summed E-state index contributed by atoms with van der Waals surface area (Å²) in [5.41, 5.74) is 1.12. The molecule has 0 atom stereocenters. The number of nitrogens with zero attached hydrogens (tertiary/aromatic N) is 2. The van der Waals surface area contributed by atoms with Crippen molar-refractivity contribution in [3.05, 3.63) is 45.5 Å². The molecule has 0 aliphatic heterocycles. The number of rotatable bonds is 4. The average Bonchev–Trinajstić information content (AvgIpc) is 2.28. The number of allylic oxidation sites excluding steroid dienone is 1. The van der Waals surface area contributed by atoms with Gasteiger partial charge in [0, 0.05) is 6.07 Å². The molecule has 0 bridgehead atoms. The second-order valence-electron chi connectivity index (χ2n) is 3.64. The highest BCUT2D eigenvalue weighted by Gasteiger charge is 2.15. The van der Waals surface area contributed by atoms with Crippen LogP contribution in [0.2, 0.25) is 0 Å². The predicted molar refractivity (Wildman–Crippen MR) is 62.7 cm³/mol. The van der Waals surface area contributed by atoms with Crippen molar-refractivity contribution in [2.45, 2.75) is 13.8 Å². The van der Waals surface area contributed by atoms with Gasteiger partial charge in [0.15, 0.2) is 5.75 Å². The van der Waals surface area contributed by atoms with E-state index in [4.69, 9.17) is 10.00 Å². The minimum Gasteiger partial charge on any atom is -0.483 e. The van der Waals surface area contributed by atoms with Crippen LogP contribution in [0.3, 0.4) is 0 Å². The van der Waals surface area contributed by atoms with E-state index in [1.807, 2.05) is 26.0 Å². The van der Waals surface area contributed by atoms with Crippen LogP contribution in [0.5, 0.6) is 5.75 Å². The Morgan fingerprint density at radius 2 is 2.29 bits per heavy atom. The van der Waals surface area contributed by atoms with Crippen LogP contribution >= 0.6 is 0 Å². The Morgan fingerprint density at radius 3 is 2.82 bits per heavy atom. The molecule has 0 saturated heterocycles. The van der Waals surface area contributed by atoms with Crippen LogP contribution < -0.4 is 4.74 Å². The first-order chi connectivity index (χ1) is 8.04. The van der Waals surface area contributed by atoms with Crippen LogP contribution in [0, 0.1) is 21.4 Å². The summed E-state index contributed by atoms with van der Waals surface area (Å²) in [6.07, 6.45) is 1.82. The summed E-state index contributed by atoms with van der Waals surface area (Å²) >= 11 is 0. The van der Waals surface area contributed by atoms with Gasteiger partial charge in [-0.25, -0.2) is 0 Å². The molecule has 0 heterocycles. The summed E-state index contributed by atoms with van der Waals surface area (Å²) < 4.78 is 5.28. The summed E-state index contributed by atoms with van der Waals surface area (Å²) in [6.45, 7) is 4.10. The van der Waals surface area contributed by atoms with Gasteiger partial charge in [-0.1, -0.05) is 5.57 Å². The molecule has 0 amide bonds. The van der Waals surface area contributed by atoms with Crippen molar-refractivity contribution in [2.24, 2.45) is 0 Å². The molecule has 1 rings (SSSR count). The maximum absolute atomic E-state index is 10.8. The van der Waals surface area contributed by atoms with Gasteiger partial charge in [-0.2, -0.15) is 5.26 Å². The minimum absolute atomic E-state index is 0.173. The summed E-state index contributed by atoms with van der Waals surface area (Å²) in [7, 11) is 0. The first-order valence-electron chi connectivity index (χ1n) is 4.99. The van der Waals surface area contributed by atoms with E-state index in [-0.39, 0.29) is 23.6 Å². The monoisotopic (exact) mass is 232 g/mol. The molecule has 1 aromatic rings. The minimum atomic E-state index is -0.557. The molecule has 0 spiro atoms. The quantitative estimate of drug-likeness (QED) is 0.454. The van der Waals surface area contributed by atoms with Gasteiger partial charge in [-0.05, 0) is 32.1 Å². The number of nitro benzene ring substituents is 1. The Labute approximate surface area is 99.1 Å². The van der Waals surface area contributed by atoms with E-state index >= 15 is 0 Å². The van der Waals surface area contributed by atoms with Gasteiger partial charge in [0.2, 0.25) is 0 Å². The van der Waals surface area contributed by atoms with Crippen molar-refractivity contribution in [2.75, 3.05) is 6.61 Å². The van der Waals surface area contributed by atoms with E-state index in [2.05, 4.69) is 0 Å². The van der Waals surface area contributed by atoms with Gasteiger partial charge in [0.1, 0.15) is 6.61 Å². The van der Waals surface area contributed by atoms with E-state index in [9.17, 15) is 10.1 Å². The fraction of sp³-hybridized carbons (Fsp3) is 0.250. The average molecular weight is 232 g/mol. The van der Waals surface area contributed by atoms with Crippen molar-refractivity contribution < 1.29 is 9.66 Å². The van der Waals surface area contributed by atoms with Gasteiger partial charge in [-0.15, -0.1) is 0 Å². The summed E-state index contributed by atoms with van der Waals surface area (Å²) in [5.74, 6) is 0.173. The molecule has 0 fully saturated rings. The highest BCUT2D eigenvalue weighted by atomic mass is 16.6. The SMILES string of the molecule is CC(C)=CCOc1ccc(C#N)cc1[N+](=O)[O-]. The third-order valence-electron chi connectivity index (χ3n) is 2.02. The Morgan fingerprint density at radius 1 is 1.59 bits per heavy atom. The van der Waals surface area contributed by atoms with Crippen LogP contribution in [0.15, 0.2) is 29.8 Å². The Hall–Kier alpha value is -2.35. The standard InChI is InChI=1S/C12H12N2O3/c1-9(2)5-6-17-12-4-3-10(8-13)7-11(12)14(15)16/h3-5,7H,6H2,1-2H3. The van der Waals surface area contributed by atoms with E-state index in [1.54, 1.807) is 0 Å². The van der Waals surface area contributed by atoms with Gasteiger partial charge in [0.05, 0.1) is 16.6 Å². The molecule has 0 aliphatic rings. The van der Waals surface area contributed by atoms with Gasteiger partial charge in [-0.3, -0.25) is 10.1 Å². The lowest BCUT2D eigenvalue weighted by atomic mass is 10.2. The fourth-order valence-electron chi connectivity index (χ4n) is 1.15. The second kappa shape index (κ2) is 5.66. The normalized spacial score (nSPS) is 9.24. The molecule has 1 aromatic carbocycles. The molecular formula is C12H12N2O3. The van der Waals surface area contributed by atoms with E-state index in [0.717, 1.165) is 5.57 Å². The van der Waals surface area contributed by atoms with Crippen molar-refractivity contribution in [1.82, 2.24) is 0 Å². The van der Waals surface area contributed by atoms with Crippen LogP contribution in [-0.4, -0.2) is 11.5 Å². The van der Waals surface area contributed by atoms with Crippen LogP contribution in [0.4, 0.5) is 5.69 Å². The smallest absolute Gasteiger partial charge is 0.312 e. The molecule has 88 valence electrons. The van der Waals surface area contributed by atoms with E-state index in [1.165, 1.54) is 18.2 Å². The lowest BCUT2D eigenvalue weighted by Gasteiger charge is -2.04. The molecule has 0 unspecified atom stereocenters. The zero-order valence-electron chi connectivity index (χ0n) is 9.64. The second-order valence-corrected chi connectivity index (χ2v) is 3.64. The number of nitro groups is 1. The molecule has 0 saturated carbocycles. The van der Waals surface area contributed by atoms with Gasteiger partial charge >= 0.3 is 5.69 Å². The van der Waals surface area contributed by atoms with Crippen molar-refractivity contribution in [3.63, 3.8) is 0 Å². The molecule has 0 aromatic heterocycles. The summed E-state index contributed by atoms with van der Waals surface area (Å²) in [4.78, 5) is 10.2. The molecule has 0 N–H and O–H groups in total. The molecule has 5 heteroatoms. The van der Waals surface area contributed by atoms with Gasteiger partial charge in [0.25, 0.3) is 0 Å². The zero-order valence-corrected chi connectivity index (χ0v) is 9.64. The number of ether oxygens (including phenoxy) is 1. The highest BCUT2D eigenvalue weighted by Crippen LogP contribution is 2.27. The first kappa shape index (κ1) is 12.7. The zero-order chi connectivity index (χ0) is 12.8. The number of benzene rings is 1. The summed E-state index contributed by atoms with van der Waals surface area (Å²) in [5, 5.41) is 19.4. The largest absolute Gasteiger partial charge is 0.483 e. The van der Waals surface area contributed by atoms with Crippen molar-refractivity contribution in [1.29, 1.82) is 5.26 Å². The Kier molecular flexibility index (Phi) is 4.23. The topological polar surface area (TPSA) is 76.2 Å². The molecular weight excluding hydrogens is 220 g/mol. The predicted octanol–water partition coefficient (Wildman–Crippen LogP) is 2.81. The maximum Gasteiger partial charge on any atom is 0.312 e. The fourth-order valence-corrected chi connectivity index (χ4v) is 1.15. The van der Waals surface area contributed by atoms with Crippen LogP contribution in [-0.2, 0) is 0 Å². The molecule has 0 radical (unpaired) electrons. The maximum atomic E-state index is 10.8. The first-order valence-corrected chi connectivity index (χ1v) is 4.99. The molecule has 5 nitrogen and oxygen atoms in total. The van der Waals surface area contributed by atoms with Gasteiger partial charge < -0.3 is 4.74 Å². The van der Waals surface area contributed by atoms with E-state index < -0.39 is 4.92 Å². The van der Waals surface area contributed by atoms with E-state index in [0.29, 0.717) is 0 Å². The Balaban J connectivity index is 2.96. The number of hydrogen-bond donors (Lipinski definition) is 0. The lowest BCUT2D eigenvalue weighted by molar-refractivity contribution is -0.385. The number of hydrogen-bond acceptors (Lipinski definition) is 4. The third kappa shape index (κ3) is 3.61. The lowest BCUT2D eigenvalue weighted by Crippen LogP contribution is -1.99. The number of nitriles is 1. The molecule has 17 heavy (non-hydrogen) atoms. The van der Waals surface area contributed by atoms with Crippen molar-refractivity contribution >= 4 is 5.69 Å². The van der Waals surface area contributed by atoms with Crippen LogP contribution in [0.1, 0.15) is 19.4 Å².